The molecule has 1 saturated heterocycles. The maximum absolute atomic E-state index is 13.3. The normalized spacial score (nSPS) is 14.7. The van der Waals surface area contributed by atoms with Crippen LogP contribution < -0.4 is 19.7 Å². The lowest BCUT2D eigenvalue weighted by molar-refractivity contribution is -0.122. The molecule has 0 spiro atoms. The monoisotopic (exact) mass is 548 g/mol. The summed E-state index contributed by atoms with van der Waals surface area (Å²) in [5.74, 6) is -0.488. The average molecular weight is 549 g/mol. The number of amides is 4. The Morgan fingerprint density at radius 3 is 2.25 bits per heavy atom. The number of halogens is 1. The van der Waals surface area contributed by atoms with Gasteiger partial charge in [-0.15, -0.1) is 0 Å². The van der Waals surface area contributed by atoms with Gasteiger partial charge in [-0.05, 0) is 73.4 Å². The van der Waals surface area contributed by atoms with E-state index in [1.807, 2.05) is 57.2 Å². The highest BCUT2D eigenvalue weighted by atomic mass is 79.9. The molecule has 1 aliphatic rings. The van der Waals surface area contributed by atoms with Crippen molar-refractivity contribution in [2.45, 2.75) is 27.4 Å². The maximum Gasteiger partial charge on any atom is 0.335 e. The van der Waals surface area contributed by atoms with Gasteiger partial charge in [-0.3, -0.25) is 14.9 Å². The fraction of sp³-hybridized carbons (Fsp3) is 0.179. The van der Waals surface area contributed by atoms with Crippen molar-refractivity contribution < 1.29 is 23.9 Å². The number of hydrogen-bond acceptors (Lipinski definition) is 5. The third kappa shape index (κ3) is 5.49. The number of ether oxygens (including phenoxy) is 2. The lowest BCUT2D eigenvalue weighted by Gasteiger charge is -2.27. The van der Waals surface area contributed by atoms with E-state index in [-0.39, 0.29) is 5.57 Å². The largest absolute Gasteiger partial charge is 0.490 e. The maximum atomic E-state index is 13.3. The topological polar surface area (TPSA) is 84.9 Å². The fourth-order valence-electron chi connectivity index (χ4n) is 3.91. The lowest BCUT2D eigenvalue weighted by Crippen LogP contribution is -2.54. The second-order valence-electron chi connectivity index (χ2n) is 8.33. The van der Waals surface area contributed by atoms with Crippen molar-refractivity contribution in [1.82, 2.24) is 5.32 Å². The van der Waals surface area contributed by atoms with Crippen molar-refractivity contribution in [1.29, 1.82) is 0 Å². The van der Waals surface area contributed by atoms with Crippen molar-refractivity contribution in [2.75, 3.05) is 11.5 Å². The Morgan fingerprint density at radius 2 is 1.58 bits per heavy atom. The second-order valence-corrected chi connectivity index (χ2v) is 9.19. The zero-order valence-electron chi connectivity index (χ0n) is 20.1. The lowest BCUT2D eigenvalue weighted by atomic mass is 10.0. The number of carbonyl (C=O) groups excluding carboxylic acids is 3. The minimum Gasteiger partial charge on any atom is -0.490 e. The van der Waals surface area contributed by atoms with Gasteiger partial charge in [0.25, 0.3) is 11.8 Å². The predicted octanol–water partition coefficient (Wildman–Crippen LogP) is 5.71. The van der Waals surface area contributed by atoms with Gasteiger partial charge in [-0.1, -0.05) is 52.3 Å². The second kappa shape index (κ2) is 10.8. The number of aryl methyl sites for hydroxylation is 2. The number of urea groups is 1. The van der Waals surface area contributed by atoms with Gasteiger partial charge in [-0.25, -0.2) is 9.69 Å². The van der Waals surface area contributed by atoms with Crippen LogP contribution in [0, 0.1) is 13.8 Å². The van der Waals surface area contributed by atoms with Crippen LogP contribution in [-0.2, 0) is 16.2 Å². The van der Waals surface area contributed by atoms with Gasteiger partial charge in [0.05, 0.1) is 12.3 Å². The summed E-state index contributed by atoms with van der Waals surface area (Å²) in [6.45, 7) is 6.35. The molecule has 1 aliphatic heterocycles. The highest BCUT2D eigenvalue weighted by Crippen LogP contribution is 2.36. The van der Waals surface area contributed by atoms with Crippen molar-refractivity contribution in [3.63, 3.8) is 0 Å². The molecule has 0 saturated carbocycles. The van der Waals surface area contributed by atoms with Crippen molar-refractivity contribution in [2.24, 2.45) is 0 Å². The first-order chi connectivity index (χ1) is 17.3. The number of nitrogens with zero attached hydrogens (tertiary/aromatic N) is 1. The molecule has 8 heteroatoms. The molecule has 1 N–H and O–H groups in total. The molecule has 36 heavy (non-hydrogen) atoms. The highest BCUT2D eigenvalue weighted by Gasteiger charge is 2.37. The van der Waals surface area contributed by atoms with Gasteiger partial charge in [-0.2, -0.15) is 0 Å². The van der Waals surface area contributed by atoms with E-state index in [0.29, 0.717) is 40.4 Å². The van der Waals surface area contributed by atoms with E-state index in [1.165, 1.54) is 6.08 Å². The van der Waals surface area contributed by atoms with Crippen molar-refractivity contribution >= 4 is 45.5 Å². The smallest absolute Gasteiger partial charge is 0.335 e. The van der Waals surface area contributed by atoms with Gasteiger partial charge in [0.1, 0.15) is 12.2 Å². The van der Waals surface area contributed by atoms with Gasteiger partial charge < -0.3 is 9.47 Å². The summed E-state index contributed by atoms with van der Waals surface area (Å²) in [4.78, 5) is 39.5. The molecular weight excluding hydrogens is 524 g/mol. The number of hydrogen-bond donors (Lipinski definition) is 1. The fourth-order valence-corrected chi connectivity index (χ4v) is 4.34. The SMILES string of the molecule is CCOc1cc(/C=C2\C(=O)NC(=O)N(c3cc(C)cc(C)c3)C2=O)c(Br)cc1OCc1ccccc1. The summed E-state index contributed by atoms with van der Waals surface area (Å²) >= 11 is 3.51. The molecule has 0 bridgehead atoms. The Hall–Kier alpha value is -3.91. The quantitative estimate of drug-likeness (QED) is 0.302. The standard InChI is InChI=1S/C28H25BrN2O5/c1-4-35-24-14-20(23(29)15-25(24)36-16-19-8-6-5-7-9-19)13-22-26(32)30-28(34)31(27(22)33)21-11-17(2)10-18(3)12-21/h5-15H,4,16H2,1-3H3,(H,30,32,34)/b22-13+. The number of barbiturate groups is 1. The minimum absolute atomic E-state index is 0.171. The molecule has 184 valence electrons. The average Bonchev–Trinajstić information content (AvgIpc) is 2.82. The molecule has 3 aromatic rings. The number of anilines is 1. The molecule has 0 unspecified atom stereocenters. The Kier molecular flexibility index (Phi) is 7.55. The molecule has 4 rings (SSSR count). The molecule has 0 radical (unpaired) electrons. The van der Waals surface area contributed by atoms with Crippen molar-refractivity contribution in [3.8, 4) is 11.5 Å². The number of imide groups is 2. The number of nitrogens with one attached hydrogen (secondary N) is 1. The first-order valence-corrected chi connectivity index (χ1v) is 12.2. The van der Waals surface area contributed by atoms with E-state index < -0.39 is 17.8 Å². The first-order valence-electron chi connectivity index (χ1n) is 11.4. The Bertz CT molecular complexity index is 1350. The molecule has 1 heterocycles. The zero-order valence-corrected chi connectivity index (χ0v) is 21.7. The summed E-state index contributed by atoms with van der Waals surface area (Å²) in [7, 11) is 0. The summed E-state index contributed by atoms with van der Waals surface area (Å²) in [5, 5.41) is 2.26. The van der Waals surface area contributed by atoms with Crippen molar-refractivity contribution in [3.05, 3.63) is 93.0 Å². The van der Waals surface area contributed by atoms with Crippen LogP contribution in [-0.4, -0.2) is 24.5 Å². The van der Waals surface area contributed by atoms with E-state index >= 15 is 0 Å². The first kappa shape index (κ1) is 25.2. The Morgan fingerprint density at radius 1 is 0.917 bits per heavy atom. The Balaban J connectivity index is 1.68. The number of carbonyl (C=O) groups is 3. The van der Waals surface area contributed by atoms with Crippen LogP contribution >= 0.6 is 15.9 Å². The molecule has 0 atom stereocenters. The molecule has 3 aromatic carbocycles. The Labute approximate surface area is 217 Å². The summed E-state index contributed by atoms with van der Waals surface area (Å²) in [6.07, 6.45) is 1.44. The summed E-state index contributed by atoms with van der Waals surface area (Å²) < 4.78 is 12.3. The van der Waals surface area contributed by atoms with Crippen LogP contribution in [0.5, 0.6) is 11.5 Å². The molecular formula is C28H25BrN2O5. The van der Waals surface area contributed by atoms with E-state index in [1.54, 1.807) is 24.3 Å². The third-order valence-electron chi connectivity index (χ3n) is 5.47. The molecule has 0 aromatic heterocycles. The molecule has 4 amide bonds. The van der Waals surface area contributed by atoms with Crippen LogP contribution in [0.1, 0.15) is 29.2 Å². The van der Waals surface area contributed by atoms with Crippen LogP contribution in [0.15, 0.2) is 70.7 Å². The van der Waals surface area contributed by atoms with E-state index in [2.05, 4.69) is 21.2 Å². The minimum atomic E-state index is -0.786. The van der Waals surface area contributed by atoms with Crippen LogP contribution in [0.25, 0.3) is 6.08 Å². The number of rotatable bonds is 7. The molecule has 0 aliphatic carbocycles. The van der Waals surface area contributed by atoms with Gasteiger partial charge >= 0.3 is 6.03 Å². The summed E-state index contributed by atoms with van der Waals surface area (Å²) in [6, 6.07) is 17.8. The van der Waals surface area contributed by atoms with Crippen LogP contribution in [0.4, 0.5) is 10.5 Å². The highest BCUT2D eigenvalue weighted by molar-refractivity contribution is 9.10. The molecule has 7 nitrogen and oxygen atoms in total. The van der Waals surface area contributed by atoms with Gasteiger partial charge in [0, 0.05) is 4.47 Å². The van der Waals surface area contributed by atoms with E-state index in [9.17, 15) is 14.4 Å². The third-order valence-corrected chi connectivity index (χ3v) is 6.15. The van der Waals surface area contributed by atoms with E-state index in [4.69, 9.17) is 9.47 Å². The predicted molar refractivity (Wildman–Crippen MR) is 141 cm³/mol. The van der Waals surface area contributed by atoms with Crippen LogP contribution in [0.3, 0.4) is 0 Å². The zero-order chi connectivity index (χ0) is 25.8. The van der Waals surface area contributed by atoms with Gasteiger partial charge in [0.15, 0.2) is 11.5 Å². The van der Waals surface area contributed by atoms with E-state index in [0.717, 1.165) is 21.6 Å². The van der Waals surface area contributed by atoms with Gasteiger partial charge in [0.2, 0.25) is 0 Å². The van der Waals surface area contributed by atoms with Crippen LogP contribution in [0.2, 0.25) is 0 Å². The molecule has 1 fully saturated rings. The number of benzene rings is 3. The summed E-state index contributed by atoms with van der Waals surface area (Å²) in [5.41, 5.74) is 3.54.